The first-order valence-electron chi connectivity index (χ1n) is 20.5. The smallest absolute Gasteiger partial charge is 0.322 e. The molecule has 2 fully saturated rings. The van der Waals surface area contributed by atoms with Crippen LogP contribution in [0.5, 0.6) is 40.2 Å². The van der Waals surface area contributed by atoms with Crippen molar-refractivity contribution in [1.82, 2.24) is 9.80 Å². The van der Waals surface area contributed by atoms with Crippen LogP contribution in [0.25, 0.3) is 0 Å². The van der Waals surface area contributed by atoms with Gasteiger partial charge in [0, 0.05) is 37.5 Å². The summed E-state index contributed by atoms with van der Waals surface area (Å²) in [6.45, 7) is 2.27. The van der Waals surface area contributed by atoms with Crippen LogP contribution >= 0.6 is 0 Å². The molecule has 64 heavy (non-hydrogen) atoms. The number of nitrogens with zero attached hydrogens (tertiary/aromatic N) is 2. The van der Waals surface area contributed by atoms with Gasteiger partial charge in [0.15, 0.2) is 23.0 Å². The summed E-state index contributed by atoms with van der Waals surface area (Å²) in [5.41, 5.74) is 3.64. The van der Waals surface area contributed by atoms with E-state index in [1.165, 1.54) is 6.92 Å². The van der Waals surface area contributed by atoms with Crippen molar-refractivity contribution in [1.29, 1.82) is 0 Å². The third-order valence-electron chi connectivity index (χ3n) is 12.1. The second-order valence-corrected chi connectivity index (χ2v) is 15.6. The van der Waals surface area contributed by atoms with E-state index in [0.717, 1.165) is 16.7 Å². The van der Waals surface area contributed by atoms with E-state index < -0.39 is 47.8 Å². The normalized spacial score (nSPS) is 21.4. The summed E-state index contributed by atoms with van der Waals surface area (Å²) in [5.74, 6) is -0.164. The average Bonchev–Trinajstić information content (AvgIpc) is 4.14. The van der Waals surface area contributed by atoms with Crippen molar-refractivity contribution in [3.05, 3.63) is 131 Å². The maximum absolute atomic E-state index is 13.5. The summed E-state index contributed by atoms with van der Waals surface area (Å²) in [4.78, 5) is 54.0. The van der Waals surface area contributed by atoms with Crippen LogP contribution in [0.1, 0.15) is 53.1 Å². The van der Waals surface area contributed by atoms with Crippen LogP contribution in [-0.2, 0) is 14.4 Å². The van der Waals surface area contributed by atoms with Crippen molar-refractivity contribution in [3.8, 4) is 40.2 Å². The molecule has 6 atom stereocenters. The quantitative estimate of drug-likeness (QED) is 0.127. The van der Waals surface area contributed by atoms with Gasteiger partial charge in [-0.3, -0.25) is 14.4 Å². The Labute approximate surface area is 368 Å². The highest BCUT2D eigenvalue weighted by Crippen LogP contribution is 2.50. The van der Waals surface area contributed by atoms with E-state index in [0.29, 0.717) is 58.0 Å². The molecule has 4 heterocycles. The maximum Gasteiger partial charge on any atom is 0.322 e. The number of likely N-dealkylation sites (tertiary alicyclic amines) is 2. The standard InChI is InChI=1S/C27H26N2O7.C21H21NO6/c1-33-19-8-3-16(4-9-19)25-24(26(30)31)21(17-5-12-22-23(13-17)36-15-35-22)14-29(25)27(32)28-18-6-10-20(34-2)11-7-18;1-12(23)22-10-16(14-5-8-17-18(9-14)28-11-27-17)19(21(24)25)20(22)13-3-6-15(26-2)7-4-13/h3-13,21,24-25H,14-15H2,1-2H3,(H,28,32)(H,30,31);3-9,16,19-20H,10-11H2,1-2H3,(H,24,25). The zero-order valence-corrected chi connectivity index (χ0v) is 35.5. The number of methoxy groups -OCH3 is 3. The Morgan fingerprint density at radius 1 is 0.531 bits per heavy atom. The molecule has 6 unspecified atom stereocenters. The molecule has 4 aliphatic rings. The predicted octanol–water partition coefficient (Wildman–Crippen LogP) is 7.32. The Morgan fingerprint density at radius 3 is 1.31 bits per heavy atom. The van der Waals surface area contributed by atoms with Gasteiger partial charge in [-0.1, -0.05) is 36.4 Å². The molecule has 3 amide bonds. The highest BCUT2D eigenvalue weighted by Gasteiger charge is 2.50. The van der Waals surface area contributed by atoms with E-state index in [1.807, 2.05) is 30.3 Å². The number of carboxylic acids is 2. The molecule has 9 rings (SSSR count). The minimum atomic E-state index is -0.988. The number of nitrogens with one attached hydrogen (secondary N) is 1. The Balaban J connectivity index is 0.000000181. The first kappa shape index (κ1) is 43.0. The lowest BCUT2D eigenvalue weighted by Crippen LogP contribution is -2.36. The monoisotopic (exact) mass is 873 g/mol. The molecule has 0 radical (unpaired) electrons. The maximum atomic E-state index is 13.5. The van der Waals surface area contributed by atoms with Gasteiger partial charge >= 0.3 is 18.0 Å². The minimum Gasteiger partial charge on any atom is -0.497 e. The third-order valence-corrected chi connectivity index (χ3v) is 12.1. The highest BCUT2D eigenvalue weighted by atomic mass is 16.7. The van der Waals surface area contributed by atoms with E-state index in [4.69, 9.17) is 33.2 Å². The van der Waals surface area contributed by atoms with Crippen LogP contribution < -0.4 is 38.5 Å². The number of hydrogen-bond donors (Lipinski definition) is 3. The summed E-state index contributed by atoms with van der Waals surface area (Å²) < 4.78 is 37.4. The zero-order chi connectivity index (χ0) is 45.1. The molecule has 4 aliphatic heterocycles. The van der Waals surface area contributed by atoms with E-state index in [1.54, 1.807) is 110 Å². The lowest BCUT2D eigenvalue weighted by Gasteiger charge is -2.27. The first-order valence-corrected chi connectivity index (χ1v) is 20.5. The lowest BCUT2D eigenvalue weighted by molar-refractivity contribution is -0.144. The second kappa shape index (κ2) is 18.4. The Bertz CT molecular complexity index is 2510. The van der Waals surface area contributed by atoms with Crippen molar-refractivity contribution in [2.45, 2.75) is 30.8 Å². The molecule has 5 aromatic carbocycles. The van der Waals surface area contributed by atoms with Gasteiger partial charge in [0.05, 0.1) is 45.2 Å². The molecule has 0 bridgehead atoms. The number of aliphatic carboxylic acids is 2. The van der Waals surface area contributed by atoms with Gasteiger partial charge in [0.2, 0.25) is 19.5 Å². The first-order chi connectivity index (χ1) is 31.0. The van der Waals surface area contributed by atoms with Gasteiger partial charge in [0.25, 0.3) is 0 Å². The Morgan fingerprint density at radius 2 is 0.906 bits per heavy atom. The van der Waals surface area contributed by atoms with Crippen LogP contribution in [-0.4, -0.2) is 91.9 Å². The molecule has 2 saturated heterocycles. The third kappa shape index (κ3) is 8.58. The van der Waals surface area contributed by atoms with Crippen molar-refractivity contribution >= 4 is 29.6 Å². The van der Waals surface area contributed by atoms with Crippen LogP contribution in [0.15, 0.2) is 109 Å². The molecular weight excluding hydrogens is 827 g/mol. The molecule has 332 valence electrons. The predicted molar refractivity (Wildman–Crippen MR) is 230 cm³/mol. The van der Waals surface area contributed by atoms with Crippen LogP contribution in [0.4, 0.5) is 10.5 Å². The fourth-order valence-electron chi connectivity index (χ4n) is 9.01. The van der Waals surface area contributed by atoms with E-state index >= 15 is 0 Å². The fraction of sp³-hybridized carbons (Fsp3) is 0.292. The largest absolute Gasteiger partial charge is 0.497 e. The van der Waals surface area contributed by atoms with Gasteiger partial charge in [-0.25, -0.2) is 4.79 Å². The molecule has 16 nitrogen and oxygen atoms in total. The molecule has 0 aliphatic carbocycles. The van der Waals surface area contributed by atoms with Crippen LogP contribution in [0.2, 0.25) is 0 Å². The number of urea groups is 1. The van der Waals surface area contributed by atoms with Crippen molar-refractivity contribution in [3.63, 3.8) is 0 Å². The summed E-state index contributed by atoms with van der Waals surface area (Å²) in [6, 6.07) is 30.5. The number of hydrogen-bond acceptors (Lipinski definition) is 11. The average molecular weight is 874 g/mol. The Kier molecular flexibility index (Phi) is 12.4. The number of benzene rings is 5. The van der Waals surface area contributed by atoms with Gasteiger partial charge in [-0.2, -0.15) is 0 Å². The summed E-state index contributed by atoms with van der Waals surface area (Å²) in [5, 5.41) is 23.3. The molecule has 5 aromatic rings. The number of carboxylic acid groups (broad SMARTS) is 2. The number of amides is 3. The molecule has 0 spiro atoms. The summed E-state index contributed by atoms with van der Waals surface area (Å²) in [7, 11) is 4.71. The number of carbonyl (C=O) groups excluding carboxylic acids is 2. The highest BCUT2D eigenvalue weighted by molar-refractivity contribution is 5.91. The molecule has 3 N–H and O–H groups in total. The number of anilines is 1. The van der Waals surface area contributed by atoms with E-state index in [-0.39, 0.29) is 32.0 Å². The van der Waals surface area contributed by atoms with Gasteiger partial charge in [-0.15, -0.1) is 0 Å². The number of carbonyl (C=O) groups is 4. The van der Waals surface area contributed by atoms with Gasteiger partial charge in [-0.05, 0) is 95.1 Å². The van der Waals surface area contributed by atoms with E-state index in [9.17, 15) is 29.4 Å². The second-order valence-electron chi connectivity index (χ2n) is 15.6. The van der Waals surface area contributed by atoms with Crippen molar-refractivity contribution < 1.29 is 62.5 Å². The zero-order valence-electron chi connectivity index (χ0n) is 35.5. The molecule has 0 aromatic heterocycles. The van der Waals surface area contributed by atoms with Crippen LogP contribution in [0, 0.1) is 11.8 Å². The van der Waals surface area contributed by atoms with Crippen molar-refractivity contribution in [2.75, 3.05) is 53.3 Å². The number of rotatable bonds is 10. The van der Waals surface area contributed by atoms with Crippen LogP contribution in [0.3, 0.4) is 0 Å². The van der Waals surface area contributed by atoms with Crippen molar-refractivity contribution in [2.24, 2.45) is 11.8 Å². The number of fused-ring (bicyclic) bond motifs is 2. The lowest BCUT2D eigenvalue weighted by atomic mass is 9.82. The molecule has 16 heteroatoms. The summed E-state index contributed by atoms with van der Waals surface area (Å²) >= 11 is 0. The minimum absolute atomic E-state index is 0.122. The SMILES string of the molecule is COc1ccc(C2C(C(=O)O)C(c3ccc4c(c3)OCO4)CN2C(C)=O)cc1.COc1ccc(NC(=O)N2CC(c3ccc4c(c3)OCO4)C(C(=O)O)C2c2ccc(OC)cc2)cc1. The van der Waals surface area contributed by atoms with Gasteiger partial charge < -0.3 is 58.5 Å². The fourth-order valence-corrected chi connectivity index (χ4v) is 9.01. The molecular formula is C48H47N3O13. The number of ether oxygens (including phenoxy) is 7. The van der Waals surface area contributed by atoms with E-state index in [2.05, 4.69) is 5.32 Å². The molecule has 0 saturated carbocycles. The Hall–Kier alpha value is -7.62. The topological polar surface area (TPSA) is 192 Å². The van der Waals surface area contributed by atoms with Gasteiger partial charge in [0.1, 0.15) is 17.2 Å². The summed E-state index contributed by atoms with van der Waals surface area (Å²) in [6.07, 6.45) is 0.